The molecule has 4 nitrogen and oxygen atoms in total. The third-order valence-corrected chi connectivity index (χ3v) is 6.61. The summed E-state index contributed by atoms with van der Waals surface area (Å²) in [5, 5.41) is 12.2. The Bertz CT molecular complexity index is 1380. The van der Waals surface area contributed by atoms with E-state index in [4.69, 9.17) is 27.9 Å². The minimum absolute atomic E-state index is 0.0930. The first kappa shape index (κ1) is 21.3. The highest BCUT2D eigenvalue weighted by Gasteiger charge is 2.40. The van der Waals surface area contributed by atoms with Gasteiger partial charge in [0.25, 0.3) is 0 Å². The van der Waals surface area contributed by atoms with Gasteiger partial charge in [-0.05, 0) is 54.7 Å². The average Bonchev–Trinajstić information content (AvgIpc) is 3.21. The van der Waals surface area contributed by atoms with Crippen molar-refractivity contribution in [1.29, 1.82) is 0 Å². The van der Waals surface area contributed by atoms with E-state index in [0.29, 0.717) is 21.1 Å². The molecule has 1 aliphatic rings. The van der Waals surface area contributed by atoms with Gasteiger partial charge in [0.1, 0.15) is 0 Å². The Morgan fingerprint density at radius 1 is 1.06 bits per heavy atom. The lowest BCUT2D eigenvalue weighted by Crippen LogP contribution is -2.29. The number of halogens is 2. The number of hydrogen-bond donors (Lipinski definition) is 1. The van der Waals surface area contributed by atoms with Gasteiger partial charge in [-0.25, -0.2) is 0 Å². The van der Waals surface area contributed by atoms with Crippen LogP contribution in [0.4, 0.5) is 0 Å². The Balaban J connectivity index is 1.43. The lowest BCUT2D eigenvalue weighted by atomic mass is 9.77. The van der Waals surface area contributed by atoms with Crippen molar-refractivity contribution in [2.45, 2.75) is 25.9 Å². The van der Waals surface area contributed by atoms with Crippen LogP contribution >= 0.6 is 23.2 Å². The average molecular weight is 464 g/mol. The zero-order valence-electron chi connectivity index (χ0n) is 17.6. The van der Waals surface area contributed by atoms with E-state index in [1.54, 1.807) is 12.1 Å². The fourth-order valence-corrected chi connectivity index (χ4v) is 4.93. The van der Waals surface area contributed by atoms with Gasteiger partial charge in [0.15, 0.2) is 5.78 Å². The number of nitrogens with zero attached hydrogens (tertiary/aromatic N) is 1. The molecule has 0 saturated carbocycles. The van der Waals surface area contributed by atoms with E-state index in [1.165, 1.54) is 0 Å². The lowest BCUT2D eigenvalue weighted by Gasteiger charge is -2.19. The smallest absolute Gasteiger partial charge is 0.423 e. The summed E-state index contributed by atoms with van der Waals surface area (Å²) < 4.78 is 7.57. The molecule has 0 bridgehead atoms. The van der Waals surface area contributed by atoms with E-state index in [1.807, 2.05) is 73.1 Å². The maximum Gasteiger partial charge on any atom is 0.492 e. The van der Waals surface area contributed by atoms with Crippen molar-refractivity contribution >= 4 is 52.5 Å². The van der Waals surface area contributed by atoms with Crippen LogP contribution in [0.2, 0.25) is 10.0 Å². The first-order chi connectivity index (χ1) is 15.2. The number of para-hydroxylation sites is 1. The van der Waals surface area contributed by atoms with E-state index in [0.717, 1.165) is 27.7 Å². The van der Waals surface area contributed by atoms with Gasteiger partial charge in [0, 0.05) is 29.3 Å². The Morgan fingerprint density at radius 2 is 1.84 bits per heavy atom. The van der Waals surface area contributed by atoms with Gasteiger partial charge in [-0.2, -0.15) is 0 Å². The molecule has 3 aromatic carbocycles. The van der Waals surface area contributed by atoms with Crippen LogP contribution in [-0.4, -0.2) is 22.5 Å². The van der Waals surface area contributed by atoms with E-state index in [-0.39, 0.29) is 12.2 Å². The molecule has 0 fully saturated rings. The summed E-state index contributed by atoms with van der Waals surface area (Å²) in [7, 11) is -0.985. The van der Waals surface area contributed by atoms with E-state index < -0.39 is 12.7 Å². The SMILES string of the molecule is CC1(C)OB(O)c2cc(CC(=O)c3ccc(-n4cc(Cl)c5ccccc54)cc3Cl)ccc21. The van der Waals surface area contributed by atoms with Crippen molar-refractivity contribution in [2.75, 3.05) is 0 Å². The van der Waals surface area contributed by atoms with E-state index in [2.05, 4.69) is 0 Å². The van der Waals surface area contributed by atoms with Crippen molar-refractivity contribution in [3.05, 3.63) is 93.6 Å². The van der Waals surface area contributed by atoms with Gasteiger partial charge < -0.3 is 14.2 Å². The third-order valence-electron chi connectivity index (χ3n) is 6.00. The predicted molar refractivity (Wildman–Crippen MR) is 129 cm³/mol. The second-order valence-electron chi connectivity index (χ2n) is 8.53. The van der Waals surface area contributed by atoms with Gasteiger partial charge >= 0.3 is 7.12 Å². The van der Waals surface area contributed by atoms with Crippen LogP contribution in [0.1, 0.15) is 35.3 Å². The molecule has 0 saturated heterocycles. The molecule has 1 aromatic heterocycles. The van der Waals surface area contributed by atoms with Gasteiger partial charge in [-0.3, -0.25) is 4.79 Å². The van der Waals surface area contributed by atoms with Crippen LogP contribution in [0.3, 0.4) is 0 Å². The number of rotatable bonds is 4. The van der Waals surface area contributed by atoms with Crippen LogP contribution in [-0.2, 0) is 16.7 Å². The van der Waals surface area contributed by atoms with Crippen LogP contribution in [0.5, 0.6) is 0 Å². The first-order valence-corrected chi connectivity index (χ1v) is 11.1. The maximum absolute atomic E-state index is 13.0. The van der Waals surface area contributed by atoms with Gasteiger partial charge in [-0.15, -0.1) is 0 Å². The molecule has 1 N–H and O–H groups in total. The van der Waals surface area contributed by atoms with Crippen molar-refractivity contribution in [2.24, 2.45) is 0 Å². The summed E-state index contributed by atoms with van der Waals surface area (Å²) in [6.45, 7) is 3.82. The van der Waals surface area contributed by atoms with Crippen molar-refractivity contribution in [3.8, 4) is 5.69 Å². The highest BCUT2D eigenvalue weighted by atomic mass is 35.5. The first-order valence-electron chi connectivity index (χ1n) is 10.3. The Labute approximate surface area is 196 Å². The molecule has 0 unspecified atom stereocenters. The van der Waals surface area contributed by atoms with Crippen molar-refractivity contribution in [3.63, 3.8) is 0 Å². The van der Waals surface area contributed by atoms with E-state index >= 15 is 0 Å². The fraction of sp³-hybridized carbons (Fsp3) is 0.160. The molecular weight excluding hydrogens is 444 g/mol. The molecule has 0 aliphatic carbocycles. The minimum atomic E-state index is -0.985. The molecule has 2 heterocycles. The minimum Gasteiger partial charge on any atom is -0.423 e. The number of Topliss-reactive ketones (excluding diaryl/α,β-unsaturated/α-hetero) is 1. The summed E-state index contributed by atoms with van der Waals surface area (Å²) in [6, 6.07) is 18.9. The predicted octanol–water partition coefficient (Wildman–Crippen LogP) is 5.32. The maximum atomic E-state index is 13.0. The molecular formula is C25H20BCl2NO3. The van der Waals surface area contributed by atoms with Crippen LogP contribution < -0.4 is 5.46 Å². The number of fused-ring (bicyclic) bond motifs is 2. The third kappa shape index (κ3) is 3.56. The summed E-state index contributed by atoms with van der Waals surface area (Å²) >= 11 is 12.9. The molecule has 160 valence electrons. The van der Waals surface area contributed by atoms with Crippen LogP contribution in [0.15, 0.2) is 66.9 Å². The number of aromatic nitrogens is 1. The number of carbonyl (C=O) groups excluding carboxylic acids is 1. The molecule has 7 heteroatoms. The molecule has 0 spiro atoms. The second kappa shape index (κ2) is 7.78. The summed E-state index contributed by atoms with van der Waals surface area (Å²) in [5.41, 5.74) is 4.14. The van der Waals surface area contributed by atoms with Gasteiger partial charge in [-0.1, -0.05) is 59.6 Å². The van der Waals surface area contributed by atoms with Gasteiger partial charge in [0.2, 0.25) is 0 Å². The molecule has 0 amide bonds. The largest absolute Gasteiger partial charge is 0.492 e. The molecule has 4 aromatic rings. The molecule has 0 atom stereocenters. The highest BCUT2D eigenvalue weighted by molar-refractivity contribution is 6.62. The zero-order chi connectivity index (χ0) is 22.6. The summed E-state index contributed by atoms with van der Waals surface area (Å²) in [6.07, 6.45) is 2.02. The molecule has 32 heavy (non-hydrogen) atoms. The fourth-order valence-electron chi connectivity index (χ4n) is 4.39. The number of ketones is 1. The standard InChI is InChI=1S/C25H20BCl2NO3/c1-25(2)19-10-7-15(11-20(19)26(31)32-25)12-24(30)18-9-8-16(13-21(18)27)29-14-22(28)17-5-3-4-6-23(17)29/h3-11,13-14,31H,12H2,1-2H3. The van der Waals surface area contributed by atoms with Crippen molar-refractivity contribution < 1.29 is 14.5 Å². The number of benzene rings is 3. The quantitative estimate of drug-likeness (QED) is 0.329. The Kier molecular flexibility index (Phi) is 5.18. The van der Waals surface area contributed by atoms with Crippen LogP contribution in [0.25, 0.3) is 16.6 Å². The van der Waals surface area contributed by atoms with E-state index in [9.17, 15) is 9.82 Å². The molecule has 5 rings (SSSR count). The summed E-state index contributed by atoms with van der Waals surface area (Å²) in [4.78, 5) is 13.0. The van der Waals surface area contributed by atoms with Crippen LogP contribution in [0, 0.1) is 0 Å². The lowest BCUT2D eigenvalue weighted by molar-refractivity contribution is 0.0991. The van der Waals surface area contributed by atoms with Crippen molar-refractivity contribution in [1.82, 2.24) is 4.57 Å². The normalized spacial score (nSPS) is 14.7. The zero-order valence-corrected chi connectivity index (χ0v) is 19.1. The summed E-state index contributed by atoms with van der Waals surface area (Å²) in [5.74, 6) is -0.0930. The number of carbonyl (C=O) groups is 1. The monoisotopic (exact) mass is 463 g/mol. The second-order valence-corrected chi connectivity index (χ2v) is 9.34. The topological polar surface area (TPSA) is 51.5 Å². The molecule has 0 radical (unpaired) electrons. The highest BCUT2D eigenvalue weighted by Crippen LogP contribution is 2.32. The van der Waals surface area contributed by atoms with Gasteiger partial charge in [0.05, 0.1) is 21.2 Å². The Morgan fingerprint density at radius 3 is 2.62 bits per heavy atom. The Hall–Kier alpha value is -2.57. The number of hydrogen-bond acceptors (Lipinski definition) is 3. The molecule has 1 aliphatic heterocycles.